The van der Waals surface area contributed by atoms with Crippen LogP contribution in [0, 0.1) is 6.92 Å². The molecule has 0 aliphatic rings. The first kappa shape index (κ1) is 21.9. The monoisotopic (exact) mass is 445 g/mol. The lowest BCUT2D eigenvalue weighted by Crippen LogP contribution is -2.31. The van der Waals surface area contributed by atoms with Crippen molar-refractivity contribution < 1.29 is 14.3 Å². The van der Waals surface area contributed by atoms with Gasteiger partial charge >= 0.3 is 5.97 Å². The summed E-state index contributed by atoms with van der Waals surface area (Å²) in [6.45, 7) is 1.72. The van der Waals surface area contributed by atoms with Crippen molar-refractivity contribution in [1.29, 1.82) is 0 Å². The van der Waals surface area contributed by atoms with E-state index >= 15 is 0 Å². The number of benzene rings is 2. The highest BCUT2D eigenvalue weighted by atomic mass is 16.5. The van der Waals surface area contributed by atoms with Crippen LogP contribution in [0.2, 0.25) is 0 Å². The molecule has 10 nitrogen and oxygen atoms in total. The molecule has 2 aromatic carbocycles. The third kappa shape index (κ3) is 5.67. The molecule has 168 valence electrons. The second-order valence-corrected chi connectivity index (χ2v) is 7.55. The smallest absolute Gasteiger partial charge is 0.330 e. The number of carbonyl (C=O) groups excluding carboxylic acids is 2. The van der Waals surface area contributed by atoms with E-state index in [1.807, 2.05) is 67.7 Å². The molecule has 0 saturated carbocycles. The van der Waals surface area contributed by atoms with Crippen LogP contribution in [0.25, 0.3) is 17.1 Å². The van der Waals surface area contributed by atoms with Gasteiger partial charge in [-0.1, -0.05) is 48.0 Å². The number of tetrazole rings is 1. The lowest BCUT2D eigenvalue weighted by molar-refractivity contribution is -0.152. The first-order chi connectivity index (χ1) is 16.0. The van der Waals surface area contributed by atoms with Crippen molar-refractivity contribution in [3.63, 3.8) is 0 Å². The summed E-state index contributed by atoms with van der Waals surface area (Å²) in [6, 6.07) is 17.3. The standard InChI is InChI=1S/C23H23N7O3/c1-17-8-10-19(11-9-17)23-25-27-30(26-23)15-22(32)33-16-21(31)28(2)13-18-12-24-29(14-18)20-6-4-3-5-7-20/h3-12,14H,13,15-16H2,1-2H3. The number of amides is 1. The fraction of sp³-hybridized carbons (Fsp3) is 0.217. The Hall–Kier alpha value is -4.34. The van der Waals surface area contributed by atoms with Crippen LogP contribution in [-0.2, 0) is 27.4 Å². The van der Waals surface area contributed by atoms with E-state index in [9.17, 15) is 9.59 Å². The maximum atomic E-state index is 12.4. The minimum atomic E-state index is -0.624. The Labute approximate surface area is 190 Å². The molecule has 1 amide bonds. The van der Waals surface area contributed by atoms with Crippen molar-refractivity contribution in [2.24, 2.45) is 0 Å². The Kier molecular flexibility index (Phi) is 6.53. The van der Waals surface area contributed by atoms with E-state index in [2.05, 4.69) is 20.5 Å². The summed E-state index contributed by atoms with van der Waals surface area (Å²) >= 11 is 0. The van der Waals surface area contributed by atoms with Gasteiger partial charge in [0.25, 0.3) is 5.91 Å². The van der Waals surface area contributed by atoms with E-state index in [0.29, 0.717) is 12.4 Å². The molecule has 10 heteroatoms. The molecule has 0 radical (unpaired) electrons. The van der Waals surface area contributed by atoms with Gasteiger partial charge in [0.15, 0.2) is 13.2 Å². The fourth-order valence-electron chi connectivity index (χ4n) is 3.07. The molecule has 0 unspecified atom stereocenters. The van der Waals surface area contributed by atoms with Crippen LogP contribution in [-0.4, -0.2) is 60.4 Å². The Morgan fingerprint density at radius 2 is 1.82 bits per heavy atom. The molecule has 33 heavy (non-hydrogen) atoms. The van der Waals surface area contributed by atoms with Crippen LogP contribution in [0.1, 0.15) is 11.1 Å². The SMILES string of the molecule is Cc1ccc(-c2nnn(CC(=O)OCC(=O)N(C)Cc3cnn(-c4ccccc4)c3)n2)cc1. The van der Waals surface area contributed by atoms with Crippen molar-refractivity contribution in [2.45, 2.75) is 20.0 Å². The van der Waals surface area contributed by atoms with Crippen molar-refractivity contribution >= 4 is 11.9 Å². The van der Waals surface area contributed by atoms with Crippen LogP contribution < -0.4 is 0 Å². The molecule has 2 aromatic heterocycles. The summed E-state index contributed by atoms with van der Waals surface area (Å²) in [5, 5.41) is 16.3. The van der Waals surface area contributed by atoms with E-state index in [1.165, 1.54) is 4.90 Å². The van der Waals surface area contributed by atoms with Crippen molar-refractivity contribution in [3.8, 4) is 17.1 Å². The van der Waals surface area contributed by atoms with E-state index < -0.39 is 5.97 Å². The number of aryl methyl sites for hydroxylation is 1. The molecule has 0 fully saturated rings. The number of nitrogens with zero attached hydrogens (tertiary/aromatic N) is 7. The molecule has 0 saturated heterocycles. The fourth-order valence-corrected chi connectivity index (χ4v) is 3.07. The highest BCUT2D eigenvalue weighted by Crippen LogP contribution is 2.14. The second kappa shape index (κ2) is 9.86. The van der Waals surface area contributed by atoms with Crippen LogP contribution >= 0.6 is 0 Å². The number of esters is 1. The normalized spacial score (nSPS) is 10.7. The third-order valence-corrected chi connectivity index (χ3v) is 4.89. The van der Waals surface area contributed by atoms with Gasteiger partial charge in [-0.3, -0.25) is 4.79 Å². The number of likely N-dealkylation sites (N-methyl/N-ethyl adjacent to an activating group) is 1. The zero-order valence-corrected chi connectivity index (χ0v) is 18.3. The summed E-state index contributed by atoms with van der Waals surface area (Å²) in [5.74, 6) is -0.543. The van der Waals surface area contributed by atoms with Crippen molar-refractivity contribution in [3.05, 3.63) is 78.1 Å². The lowest BCUT2D eigenvalue weighted by Gasteiger charge is -2.16. The average molecular weight is 445 g/mol. The van der Waals surface area contributed by atoms with Gasteiger partial charge in [0, 0.05) is 30.9 Å². The lowest BCUT2D eigenvalue weighted by atomic mass is 10.1. The maximum Gasteiger partial charge on any atom is 0.330 e. The Morgan fingerprint density at radius 3 is 2.58 bits per heavy atom. The van der Waals surface area contributed by atoms with Crippen LogP contribution in [0.15, 0.2) is 67.0 Å². The van der Waals surface area contributed by atoms with E-state index in [4.69, 9.17) is 4.74 Å². The summed E-state index contributed by atoms with van der Waals surface area (Å²) in [7, 11) is 1.64. The Balaban J connectivity index is 1.25. The zero-order chi connectivity index (χ0) is 23.2. The number of hydrogen-bond donors (Lipinski definition) is 0. The summed E-state index contributed by atoms with van der Waals surface area (Å²) in [6.07, 6.45) is 3.55. The summed E-state index contributed by atoms with van der Waals surface area (Å²) in [4.78, 5) is 27.1. The first-order valence-electron chi connectivity index (χ1n) is 10.3. The number of carbonyl (C=O) groups is 2. The van der Waals surface area contributed by atoms with Gasteiger partial charge in [-0.25, -0.2) is 9.48 Å². The molecular weight excluding hydrogens is 422 g/mol. The zero-order valence-electron chi connectivity index (χ0n) is 18.3. The molecule has 0 N–H and O–H groups in total. The van der Waals surface area contributed by atoms with Gasteiger partial charge in [0.2, 0.25) is 5.82 Å². The highest BCUT2D eigenvalue weighted by Gasteiger charge is 2.15. The van der Waals surface area contributed by atoms with Gasteiger partial charge in [0.05, 0.1) is 11.9 Å². The summed E-state index contributed by atoms with van der Waals surface area (Å²) < 4.78 is 6.83. The van der Waals surface area contributed by atoms with Crippen LogP contribution in [0.3, 0.4) is 0 Å². The molecule has 0 bridgehead atoms. The van der Waals surface area contributed by atoms with Crippen LogP contribution in [0.5, 0.6) is 0 Å². The predicted octanol–water partition coefficient (Wildman–Crippen LogP) is 2.04. The topological polar surface area (TPSA) is 108 Å². The molecule has 0 aliphatic heterocycles. The molecule has 0 atom stereocenters. The number of para-hydroxylation sites is 1. The van der Waals surface area contributed by atoms with Crippen molar-refractivity contribution in [2.75, 3.05) is 13.7 Å². The van der Waals surface area contributed by atoms with Gasteiger partial charge in [-0.2, -0.15) is 9.90 Å². The molecule has 4 aromatic rings. The summed E-state index contributed by atoms with van der Waals surface area (Å²) in [5.41, 5.74) is 3.71. The second-order valence-electron chi connectivity index (χ2n) is 7.55. The number of aromatic nitrogens is 6. The first-order valence-corrected chi connectivity index (χ1v) is 10.3. The minimum absolute atomic E-state index is 0.236. The van der Waals surface area contributed by atoms with E-state index in [-0.39, 0.29) is 19.1 Å². The quantitative estimate of drug-likeness (QED) is 0.382. The largest absolute Gasteiger partial charge is 0.454 e. The molecular formula is C23H23N7O3. The van der Waals surface area contributed by atoms with Gasteiger partial charge in [-0.15, -0.1) is 10.2 Å². The Bertz CT molecular complexity index is 1230. The molecule has 0 aliphatic carbocycles. The van der Waals surface area contributed by atoms with Crippen LogP contribution in [0.4, 0.5) is 0 Å². The average Bonchev–Trinajstić information content (AvgIpc) is 3.48. The van der Waals surface area contributed by atoms with E-state index in [0.717, 1.165) is 27.2 Å². The van der Waals surface area contributed by atoms with Crippen molar-refractivity contribution in [1.82, 2.24) is 34.9 Å². The molecule has 2 heterocycles. The predicted molar refractivity (Wildman–Crippen MR) is 119 cm³/mol. The minimum Gasteiger partial charge on any atom is -0.454 e. The maximum absolute atomic E-state index is 12.4. The van der Waals surface area contributed by atoms with Gasteiger partial charge < -0.3 is 9.64 Å². The van der Waals surface area contributed by atoms with Gasteiger partial charge in [-0.05, 0) is 24.3 Å². The van der Waals surface area contributed by atoms with Gasteiger partial charge in [0.1, 0.15) is 0 Å². The Morgan fingerprint density at radius 1 is 1.06 bits per heavy atom. The number of ether oxygens (including phenoxy) is 1. The molecule has 0 spiro atoms. The van der Waals surface area contributed by atoms with E-state index in [1.54, 1.807) is 17.9 Å². The highest BCUT2D eigenvalue weighted by molar-refractivity contribution is 5.80. The number of hydrogen-bond acceptors (Lipinski definition) is 7. The number of rotatable bonds is 8. The molecule has 4 rings (SSSR count). The third-order valence-electron chi connectivity index (χ3n) is 4.89.